The molecule has 0 spiro atoms. The summed E-state index contributed by atoms with van der Waals surface area (Å²) in [5, 5.41) is 12.1. The molecule has 0 aliphatic carbocycles. The zero-order chi connectivity index (χ0) is 24.5. The quantitative estimate of drug-likeness (QED) is 0.420. The Bertz CT molecular complexity index is 1380. The van der Waals surface area contributed by atoms with Crippen LogP contribution in [0.5, 0.6) is 0 Å². The lowest BCUT2D eigenvalue weighted by Crippen LogP contribution is -2.35. The van der Waals surface area contributed by atoms with Gasteiger partial charge in [-0.3, -0.25) is 0 Å². The molecule has 2 N–H and O–H groups in total. The molecule has 180 valence electrons. The number of carboxylic acids is 1. The van der Waals surface area contributed by atoms with Crippen LogP contribution >= 0.6 is 0 Å². The van der Waals surface area contributed by atoms with Crippen LogP contribution in [-0.4, -0.2) is 48.7 Å². The molecule has 0 atom stereocenters. The molecule has 1 aliphatic heterocycles. The second-order valence-corrected chi connectivity index (χ2v) is 8.39. The van der Waals surface area contributed by atoms with E-state index in [-0.39, 0.29) is 22.9 Å². The molecular formula is C24H23F2N7O2. The molecule has 11 heteroatoms. The van der Waals surface area contributed by atoms with Crippen LogP contribution in [0.15, 0.2) is 43.1 Å². The minimum atomic E-state index is -1.36. The number of hydrogen-bond acceptors (Lipinski definition) is 7. The van der Waals surface area contributed by atoms with Crippen LogP contribution in [0.3, 0.4) is 0 Å². The monoisotopic (exact) mass is 479 g/mol. The van der Waals surface area contributed by atoms with Crippen LogP contribution in [0.4, 0.5) is 26.2 Å². The van der Waals surface area contributed by atoms with Crippen molar-refractivity contribution in [2.75, 3.05) is 23.3 Å². The van der Waals surface area contributed by atoms with Crippen molar-refractivity contribution in [3.8, 4) is 0 Å². The topological polar surface area (TPSA) is 109 Å². The molecule has 0 radical (unpaired) electrons. The van der Waals surface area contributed by atoms with E-state index in [1.54, 1.807) is 0 Å². The summed E-state index contributed by atoms with van der Waals surface area (Å²) in [6, 6.07) is 3.62. The number of fused-ring (bicyclic) bond motifs is 1. The largest absolute Gasteiger partial charge is 0.478 e. The number of rotatable bonds is 6. The molecule has 1 aliphatic rings. The molecule has 1 saturated heterocycles. The Balaban J connectivity index is 1.37. The average Bonchev–Trinajstić information content (AvgIpc) is 3.21. The van der Waals surface area contributed by atoms with Crippen LogP contribution in [-0.2, 0) is 6.42 Å². The highest BCUT2D eigenvalue weighted by Gasteiger charge is 2.26. The van der Waals surface area contributed by atoms with E-state index < -0.39 is 23.2 Å². The Labute approximate surface area is 199 Å². The molecule has 1 fully saturated rings. The van der Waals surface area contributed by atoms with Gasteiger partial charge in [0, 0.05) is 43.4 Å². The van der Waals surface area contributed by atoms with Gasteiger partial charge in [0.05, 0.1) is 10.9 Å². The number of aryl methyl sites for hydroxylation is 1. The number of anilines is 3. The molecule has 3 aromatic heterocycles. The van der Waals surface area contributed by atoms with E-state index in [0.717, 1.165) is 50.0 Å². The molecule has 0 saturated carbocycles. The zero-order valence-corrected chi connectivity index (χ0v) is 18.9. The zero-order valence-electron chi connectivity index (χ0n) is 18.9. The van der Waals surface area contributed by atoms with Gasteiger partial charge in [-0.1, -0.05) is 6.92 Å². The second kappa shape index (κ2) is 9.24. The van der Waals surface area contributed by atoms with Gasteiger partial charge >= 0.3 is 5.97 Å². The number of nitrogens with one attached hydrogen (secondary N) is 1. The van der Waals surface area contributed by atoms with Crippen molar-refractivity contribution in [3.63, 3.8) is 0 Å². The van der Waals surface area contributed by atoms with Gasteiger partial charge in [0.25, 0.3) is 0 Å². The number of nitrogens with zero attached hydrogens (tertiary/aromatic N) is 6. The minimum Gasteiger partial charge on any atom is -0.478 e. The number of benzene rings is 1. The molecule has 0 amide bonds. The van der Waals surface area contributed by atoms with Crippen LogP contribution in [0.25, 0.3) is 11.0 Å². The first-order chi connectivity index (χ1) is 16.9. The average molecular weight is 479 g/mol. The number of carbonyl (C=O) groups is 1. The molecule has 4 aromatic rings. The van der Waals surface area contributed by atoms with Gasteiger partial charge in [-0.15, -0.1) is 0 Å². The maximum Gasteiger partial charge on any atom is 0.338 e. The highest BCUT2D eigenvalue weighted by Crippen LogP contribution is 2.33. The number of halogens is 2. The molecule has 0 bridgehead atoms. The SMILES string of the molecule is CCc1cnc(N2CCC(n3cc(F)c4c(Nc5ccc(C(=O)O)c(F)c5)ncnc43)CC2)nc1. The molecule has 9 nitrogen and oxygen atoms in total. The summed E-state index contributed by atoms with van der Waals surface area (Å²) < 4.78 is 31.0. The lowest BCUT2D eigenvalue weighted by Gasteiger charge is -2.32. The van der Waals surface area contributed by atoms with Gasteiger partial charge in [0.2, 0.25) is 5.95 Å². The van der Waals surface area contributed by atoms with Crippen molar-refractivity contribution in [1.82, 2.24) is 24.5 Å². The smallest absolute Gasteiger partial charge is 0.338 e. The number of carboxylic acid groups (broad SMARTS) is 1. The first-order valence-corrected chi connectivity index (χ1v) is 11.3. The van der Waals surface area contributed by atoms with Gasteiger partial charge < -0.3 is 19.9 Å². The standard InChI is InChI=1S/C24H23F2N7O2/c1-2-14-10-27-24(28-11-14)32-7-5-16(6-8-32)33-12-19(26)20-21(29-13-30-22(20)33)31-15-3-4-17(23(34)35)18(25)9-15/h3-4,9-13,16H,2,5-8H2,1H3,(H,34,35)(H,29,30,31). The molecule has 35 heavy (non-hydrogen) atoms. The molecule has 1 aromatic carbocycles. The maximum absolute atomic E-state index is 15.1. The fourth-order valence-corrected chi connectivity index (χ4v) is 4.35. The Morgan fingerprint density at radius 1 is 1.11 bits per heavy atom. The first kappa shape index (κ1) is 22.6. The molecular weight excluding hydrogens is 456 g/mol. The van der Waals surface area contributed by atoms with Crippen LogP contribution in [0, 0.1) is 11.6 Å². The van der Waals surface area contributed by atoms with Gasteiger partial charge in [-0.25, -0.2) is 33.5 Å². The van der Waals surface area contributed by atoms with E-state index in [1.165, 1.54) is 18.6 Å². The summed E-state index contributed by atoms with van der Waals surface area (Å²) in [6.45, 7) is 3.51. The molecule has 4 heterocycles. The van der Waals surface area contributed by atoms with E-state index in [4.69, 9.17) is 5.11 Å². The predicted octanol–water partition coefficient (Wildman–Crippen LogP) is 4.35. The Kier molecular flexibility index (Phi) is 5.98. The third kappa shape index (κ3) is 4.36. The maximum atomic E-state index is 15.1. The number of hydrogen-bond donors (Lipinski definition) is 2. The van der Waals surface area contributed by atoms with E-state index >= 15 is 4.39 Å². The van der Waals surface area contributed by atoms with E-state index in [0.29, 0.717) is 11.6 Å². The number of aromatic nitrogens is 5. The third-order valence-electron chi connectivity index (χ3n) is 6.27. The van der Waals surface area contributed by atoms with Crippen molar-refractivity contribution in [2.45, 2.75) is 32.2 Å². The van der Waals surface area contributed by atoms with E-state index in [1.807, 2.05) is 17.0 Å². The first-order valence-electron chi connectivity index (χ1n) is 11.3. The number of piperidine rings is 1. The summed E-state index contributed by atoms with van der Waals surface area (Å²) in [4.78, 5) is 30.5. The second-order valence-electron chi connectivity index (χ2n) is 8.39. The lowest BCUT2D eigenvalue weighted by atomic mass is 10.1. The van der Waals surface area contributed by atoms with Gasteiger partial charge in [0.1, 0.15) is 23.6 Å². The van der Waals surface area contributed by atoms with Crippen LogP contribution < -0.4 is 10.2 Å². The third-order valence-corrected chi connectivity index (χ3v) is 6.27. The summed E-state index contributed by atoms with van der Waals surface area (Å²) in [6.07, 6.45) is 8.83. The summed E-state index contributed by atoms with van der Waals surface area (Å²) in [5.41, 5.74) is 1.33. The van der Waals surface area contributed by atoms with Gasteiger partial charge in [-0.2, -0.15) is 0 Å². The van der Waals surface area contributed by atoms with E-state index in [9.17, 15) is 9.18 Å². The van der Waals surface area contributed by atoms with Gasteiger partial charge in [0.15, 0.2) is 5.82 Å². The Hall–Kier alpha value is -4.15. The van der Waals surface area contributed by atoms with Crippen molar-refractivity contribution in [2.24, 2.45) is 0 Å². The lowest BCUT2D eigenvalue weighted by molar-refractivity contribution is 0.0692. The summed E-state index contributed by atoms with van der Waals surface area (Å²) in [7, 11) is 0. The molecule has 5 rings (SSSR count). The van der Waals surface area contributed by atoms with Crippen molar-refractivity contribution in [1.29, 1.82) is 0 Å². The van der Waals surface area contributed by atoms with Crippen LogP contribution in [0.2, 0.25) is 0 Å². The van der Waals surface area contributed by atoms with Crippen molar-refractivity contribution < 1.29 is 18.7 Å². The Morgan fingerprint density at radius 2 is 1.86 bits per heavy atom. The fraction of sp³-hybridized carbons (Fsp3) is 0.292. The van der Waals surface area contributed by atoms with Gasteiger partial charge in [-0.05, 0) is 43.0 Å². The normalized spacial score (nSPS) is 14.4. The highest BCUT2D eigenvalue weighted by molar-refractivity contribution is 5.91. The Morgan fingerprint density at radius 3 is 2.51 bits per heavy atom. The van der Waals surface area contributed by atoms with Crippen molar-refractivity contribution >= 4 is 34.5 Å². The summed E-state index contributed by atoms with van der Waals surface area (Å²) >= 11 is 0. The minimum absolute atomic E-state index is 0.0307. The fourth-order valence-electron chi connectivity index (χ4n) is 4.35. The van der Waals surface area contributed by atoms with Crippen LogP contribution in [0.1, 0.15) is 41.7 Å². The number of aromatic carboxylic acids is 1. The van der Waals surface area contributed by atoms with Crippen molar-refractivity contribution in [3.05, 3.63) is 65.9 Å². The molecule has 0 unspecified atom stereocenters. The van der Waals surface area contributed by atoms with E-state index in [2.05, 4.69) is 37.1 Å². The predicted molar refractivity (Wildman–Crippen MR) is 126 cm³/mol. The summed E-state index contributed by atoms with van der Waals surface area (Å²) in [5.74, 6) is -1.88. The highest BCUT2D eigenvalue weighted by atomic mass is 19.1.